The van der Waals surface area contributed by atoms with Gasteiger partial charge in [-0.1, -0.05) is 30.3 Å². The maximum absolute atomic E-state index is 13.4. The summed E-state index contributed by atoms with van der Waals surface area (Å²) >= 11 is 3.58. The molecule has 4 rings (SSSR count). The van der Waals surface area contributed by atoms with Crippen LogP contribution in [0.25, 0.3) is 10.9 Å². The van der Waals surface area contributed by atoms with Gasteiger partial charge in [-0.15, -0.1) is 0 Å². The predicted octanol–water partition coefficient (Wildman–Crippen LogP) is 4.63. The number of anilines is 1. The molecule has 0 spiro atoms. The molecule has 0 radical (unpaired) electrons. The Morgan fingerprint density at radius 1 is 1.21 bits per heavy atom. The van der Waals surface area contributed by atoms with Crippen molar-refractivity contribution in [1.82, 2.24) is 10.3 Å². The summed E-state index contributed by atoms with van der Waals surface area (Å²) in [7, 11) is 3.91. The number of para-hydroxylation sites is 2. The van der Waals surface area contributed by atoms with Gasteiger partial charge in [-0.3, -0.25) is 9.78 Å². The van der Waals surface area contributed by atoms with E-state index in [-0.39, 0.29) is 11.9 Å². The SMILES string of the molecule is Cc1nc2c(Br)cccc2c(N(C)C)c1C(=O)N[C@H]1CCOc2ccccc21. The molecule has 28 heavy (non-hydrogen) atoms. The molecule has 5 nitrogen and oxygen atoms in total. The Balaban J connectivity index is 1.78. The molecule has 1 amide bonds. The molecule has 0 fully saturated rings. The van der Waals surface area contributed by atoms with Crippen LogP contribution in [0.3, 0.4) is 0 Å². The fourth-order valence-corrected chi connectivity index (χ4v) is 4.26. The summed E-state index contributed by atoms with van der Waals surface area (Å²) < 4.78 is 6.64. The van der Waals surface area contributed by atoms with Gasteiger partial charge in [0.15, 0.2) is 0 Å². The van der Waals surface area contributed by atoms with Crippen LogP contribution in [0.5, 0.6) is 5.75 Å². The van der Waals surface area contributed by atoms with Gasteiger partial charge in [-0.2, -0.15) is 0 Å². The fourth-order valence-electron chi connectivity index (χ4n) is 3.81. The van der Waals surface area contributed by atoms with Crippen molar-refractivity contribution < 1.29 is 9.53 Å². The van der Waals surface area contributed by atoms with Crippen LogP contribution in [0.4, 0.5) is 5.69 Å². The smallest absolute Gasteiger partial charge is 0.255 e. The summed E-state index contributed by atoms with van der Waals surface area (Å²) in [6.07, 6.45) is 0.742. The minimum absolute atomic E-state index is 0.0786. The van der Waals surface area contributed by atoms with Gasteiger partial charge in [0.05, 0.1) is 35.1 Å². The highest BCUT2D eigenvalue weighted by Crippen LogP contribution is 2.36. The molecular formula is C22H22BrN3O2. The topological polar surface area (TPSA) is 54.5 Å². The number of amides is 1. The van der Waals surface area contributed by atoms with Crippen LogP contribution in [0.15, 0.2) is 46.9 Å². The van der Waals surface area contributed by atoms with Crippen LogP contribution in [0.2, 0.25) is 0 Å². The summed E-state index contributed by atoms with van der Waals surface area (Å²) in [5.74, 6) is 0.724. The van der Waals surface area contributed by atoms with Gasteiger partial charge in [0.25, 0.3) is 5.91 Å². The summed E-state index contributed by atoms with van der Waals surface area (Å²) in [4.78, 5) is 20.1. The third-order valence-corrected chi connectivity index (χ3v) is 5.70. The molecule has 0 saturated heterocycles. The van der Waals surface area contributed by atoms with Crippen molar-refractivity contribution in [3.63, 3.8) is 0 Å². The normalized spacial score (nSPS) is 15.6. The van der Waals surface area contributed by atoms with E-state index in [2.05, 4.69) is 21.2 Å². The molecule has 2 aromatic carbocycles. The zero-order chi connectivity index (χ0) is 19.8. The lowest BCUT2D eigenvalue weighted by Crippen LogP contribution is -2.33. The van der Waals surface area contributed by atoms with E-state index in [0.717, 1.165) is 38.8 Å². The van der Waals surface area contributed by atoms with Crippen molar-refractivity contribution >= 4 is 38.4 Å². The lowest BCUT2D eigenvalue weighted by atomic mass is 9.99. The molecule has 0 unspecified atom stereocenters. The second kappa shape index (κ2) is 7.43. The first kappa shape index (κ1) is 18.7. The number of aryl methyl sites for hydroxylation is 1. The summed E-state index contributed by atoms with van der Waals surface area (Å²) in [6, 6.07) is 13.7. The van der Waals surface area contributed by atoms with Crippen LogP contribution in [0.1, 0.15) is 34.1 Å². The fraction of sp³-hybridized carbons (Fsp3) is 0.273. The number of ether oxygens (including phenoxy) is 1. The molecule has 3 aromatic rings. The Labute approximate surface area is 172 Å². The Morgan fingerprint density at radius 2 is 2.00 bits per heavy atom. The number of hydrogen-bond acceptors (Lipinski definition) is 4. The van der Waals surface area contributed by atoms with E-state index in [9.17, 15) is 4.79 Å². The molecule has 0 aliphatic carbocycles. The first-order chi connectivity index (χ1) is 13.5. The zero-order valence-electron chi connectivity index (χ0n) is 16.1. The number of rotatable bonds is 3. The average molecular weight is 440 g/mol. The number of benzene rings is 2. The highest BCUT2D eigenvalue weighted by molar-refractivity contribution is 9.10. The number of carbonyl (C=O) groups excluding carboxylic acids is 1. The van der Waals surface area contributed by atoms with Crippen molar-refractivity contribution in [2.45, 2.75) is 19.4 Å². The third kappa shape index (κ3) is 3.22. The van der Waals surface area contributed by atoms with E-state index in [4.69, 9.17) is 9.72 Å². The lowest BCUT2D eigenvalue weighted by Gasteiger charge is -2.28. The maximum Gasteiger partial charge on any atom is 0.255 e. The molecule has 144 valence electrons. The molecule has 1 N–H and O–H groups in total. The largest absolute Gasteiger partial charge is 0.493 e. The quantitative estimate of drug-likeness (QED) is 0.646. The van der Waals surface area contributed by atoms with Gasteiger partial charge in [0.1, 0.15) is 5.75 Å². The monoisotopic (exact) mass is 439 g/mol. The van der Waals surface area contributed by atoms with E-state index < -0.39 is 0 Å². The molecule has 2 heterocycles. The van der Waals surface area contributed by atoms with E-state index in [1.165, 1.54) is 0 Å². The number of nitrogens with zero attached hydrogens (tertiary/aromatic N) is 2. The van der Waals surface area contributed by atoms with Gasteiger partial charge >= 0.3 is 0 Å². The number of pyridine rings is 1. The van der Waals surface area contributed by atoms with Gasteiger partial charge in [0, 0.05) is 35.9 Å². The van der Waals surface area contributed by atoms with Crippen LogP contribution >= 0.6 is 15.9 Å². The molecule has 0 bridgehead atoms. The molecule has 1 aliphatic rings. The van der Waals surface area contributed by atoms with Crippen LogP contribution < -0.4 is 15.0 Å². The van der Waals surface area contributed by atoms with Gasteiger partial charge in [-0.25, -0.2) is 0 Å². The summed E-state index contributed by atoms with van der Waals surface area (Å²) in [5, 5.41) is 4.16. The van der Waals surface area contributed by atoms with Crippen LogP contribution in [0, 0.1) is 6.92 Å². The molecular weight excluding hydrogens is 418 g/mol. The lowest BCUT2D eigenvalue weighted by molar-refractivity contribution is 0.0924. The number of halogens is 1. The highest BCUT2D eigenvalue weighted by Gasteiger charge is 2.27. The number of hydrogen-bond donors (Lipinski definition) is 1. The second-order valence-corrected chi connectivity index (χ2v) is 8.01. The van der Waals surface area contributed by atoms with Crippen molar-refractivity contribution in [3.05, 3.63) is 63.8 Å². The van der Waals surface area contributed by atoms with Gasteiger partial charge < -0.3 is 15.0 Å². The molecule has 1 atom stereocenters. The number of nitrogens with one attached hydrogen (secondary N) is 1. The number of aromatic nitrogens is 1. The maximum atomic E-state index is 13.4. The van der Waals surface area contributed by atoms with Crippen molar-refractivity contribution in [2.75, 3.05) is 25.6 Å². The average Bonchev–Trinajstić information content (AvgIpc) is 2.68. The van der Waals surface area contributed by atoms with E-state index in [0.29, 0.717) is 17.9 Å². The molecule has 6 heteroatoms. The minimum atomic E-state index is -0.114. The van der Waals surface area contributed by atoms with E-state index >= 15 is 0 Å². The standard InChI is InChI=1S/C22H22BrN3O2/c1-13-19(21(26(2)3)15-8-6-9-16(23)20(15)24-13)22(27)25-17-11-12-28-18-10-5-4-7-14(17)18/h4-10,17H,11-12H2,1-3H3,(H,25,27)/t17-/m0/s1. The first-order valence-electron chi connectivity index (χ1n) is 9.26. The zero-order valence-corrected chi connectivity index (χ0v) is 17.7. The van der Waals surface area contributed by atoms with Crippen molar-refractivity contribution in [2.24, 2.45) is 0 Å². The molecule has 0 saturated carbocycles. The highest BCUT2D eigenvalue weighted by atomic mass is 79.9. The molecule has 1 aromatic heterocycles. The predicted molar refractivity (Wildman–Crippen MR) is 115 cm³/mol. The van der Waals surface area contributed by atoms with Crippen molar-refractivity contribution in [3.8, 4) is 5.75 Å². The second-order valence-electron chi connectivity index (χ2n) is 7.15. The van der Waals surface area contributed by atoms with Gasteiger partial charge in [0.2, 0.25) is 0 Å². The Kier molecular flexibility index (Phi) is 4.98. The Bertz CT molecular complexity index is 1070. The Morgan fingerprint density at radius 3 is 2.79 bits per heavy atom. The number of fused-ring (bicyclic) bond motifs is 2. The first-order valence-corrected chi connectivity index (χ1v) is 10.1. The third-order valence-electron chi connectivity index (χ3n) is 5.06. The van der Waals surface area contributed by atoms with E-state index in [1.54, 1.807) is 0 Å². The van der Waals surface area contributed by atoms with Gasteiger partial charge in [-0.05, 0) is 35.0 Å². The van der Waals surface area contributed by atoms with E-state index in [1.807, 2.05) is 68.4 Å². The molecule has 1 aliphatic heterocycles. The summed E-state index contributed by atoms with van der Waals surface area (Å²) in [5.41, 5.74) is 4.07. The summed E-state index contributed by atoms with van der Waals surface area (Å²) in [6.45, 7) is 2.48. The van der Waals surface area contributed by atoms with Crippen molar-refractivity contribution in [1.29, 1.82) is 0 Å². The van der Waals surface area contributed by atoms with Crippen LogP contribution in [-0.4, -0.2) is 31.6 Å². The minimum Gasteiger partial charge on any atom is -0.493 e. The number of carbonyl (C=O) groups is 1. The Hall–Kier alpha value is -2.60. The van der Waals surface area contributed by atoms with Crippen LogP contribution in [-0.2, 0) is 0 Å².